The van der Waals surface area contributed by atoms with Crippen molar-refractivity contribution in [3.8, 4) is 16.9 Å². The average molecular weight is 310 g/mol. The Bertz CT molecular complexity index is 706. The van der Waals surface area contributed by atoms with E-state index in [0.29, 0.717) is 16.7 Å². The van der Waals surface area contributed by atoms with E-state index in [4.69, 9.17) is 4.74 Å². The van der Waals surface area contributed by atoms with Crippen LogP contribution in [-0.2, 0) is 6.42 Å². The molecule has 116 valence electrons. The summed E-state index contributed by atoms with van der Waals surface area (Å²) < 4.78 is 57.1. The number of alkyl halides is 3. The third-order valence-electron chi connectivity index (χ3n) is 3.81. The van der Waals surface area contributed by atoms with E-state index < -0.39 is 12.3 Å². The zero-order chi connectivity index (χ0) is 15.9. The van der Waals surface area contributed by atoms with E-state index >= 15 is 0 Å². The largest absolute Gasteiger partial charge is 0.481 e. The molecular weight excluding hydrogens is 296 g/mol. The summed E-state index contributed by atoms with van der Waals surface area (Å²) in [6.07, 6.45) is -5.97. The molecule has 1 atom stereocenters. The first-order chi connectivity index (χ1) is 10.3. The molecule has 5 heteroatoms. The predicted octanol–water partition coefficient (Wildman–Crippen LogP) is 5.06. The summed E-state index contributed by atoms with van der Waals surface area (Å²) in [6.45, 7) is 1.80. The molecule has 22 heavy (non-hydrogen) atoms. The fourth-order valence-corrected chi connectivity index (χ4v) is 2.64. The van der Waals surface area contributed by atoms with Crippen molar-refractivity contribution < 1.29 is 22.3 Å². The fourth-order valence-electron chi connectivity index (χ4n) is 2.64. The van der Waals surface area contributed by atoms with Crippen LogP contribution in [0.5, 0.6) is 5.75 Å². The Morgan fingerprint density at radius 2 is 1.86 bits per heavy atom. The summed E-state index contributed by atoms with van der Waals surface area (Å²) in [5.74, 6) is -0.116. The Kier molecular flexibility index (Phi) is 3.59. The SMILES string of the molecule is Cc1ccc(-c2ccc3c(c2)CCC(C(F)(F)F)O3)c(F)c1. The van der Waals surface area contributed by atoms with Gasteiger partial charge in [-0.05, 0) is 54.7 Å². The zero-order valence-electron chi connectivity index (χ0n) is 11.9. The van der Waals surface area contributed by atoms with Gasteiger partial charge in [0.15, 0.2) is 6.10 Å². The molecule has 1 nitrogen and oxygen atoms in total. The number of benzene rings is 2. The molecule has 0 fully saturated rings. The van der Waals surface area contributed by atoms with E-state index in [1.807, 2.05) is 0 Å². The number of fused-ring (bicyclic) bond motifs is 1. The lowest BCUT2D eigenvalue weighted by Crippen LogP contribution is -2.37. The van der Waals surface area contributed by atoms with Crippen LogP contribution in [0.3, 0.4) is 0 Å². The van der Waals surface area contributed by atoms with E-state index in [1.165, 1.54) is 12.1 Å². The molecule has 0 saturated carbocycles. The van der Waals surface area contributed by atoms with E-state index in [9.17, 15) is 17.6 Å². The number of ether oxygens (including phenoxy) is 1. The molecule has 0 aliphatic carbocycles. The molecule has 1 aliphatic heterocycles. The summed E-state index contributed by atoms with van der Waals surface area (Å²) in [5.41, 5.74) is 2.57. The molecule has 0 bridgehead atoms. The number of hydrogen-bond donors (Lipinski definition) is 0. The Hall–Kier alpha value is -2.04. The highest BCUT2D eigenvalue weighted by atomic mass is 19.4. The van der Waals surface area contributed by atoms with Crippen molar-refractivity contribution in [1.82, 2.24) is 0 Å². The van der Waals surface area contributed by atoms with Crippen LogP contribution in [0.1, 0.15) is 17.5 Å². The lowest BCUT2D eigenvalue weighted by Gasteiger charge is -2.28. The van der Waals surface area contributed by atoms with Gasteiger partial charge in [-0.2, -0.15) is 13.2 Å². The van der Waals surface area contributed by atoms with Crippen LogP contribution in [0.25, 0.3) is 11.1 Å². The minimum absolute atomic E-state index is 0.115. The summed E-state index contributed by atoms with van der Waals surface area (Å²) in [5, 5.41) is 0. The maximum absolute atomic E-state index is 14.0. The highest BCUT2D eigenvalue weighted by molar-refractivity contribution is 5.67. The smallest absolute Gasteiger partial charge is 0.425 e. The van der Waals surface area contributed by atoms with Crippen molar-refractivity contribution >= 4 is 0 Å². The van der Waals surface area contributed by atoms with Gasteiger partial charge in [-0.3, -0.25) is 0 Å². The van der Waals surface area contributed by atoms with Crippen LogP contribution >= 0.6 is 0 Å². The molecule has 0 saturated heterocycles. The minimum atomic E-state index is -4.36. The van der Waals surface area contributed by atoms with E-state index in [2.05, 4.69) is 0 Å². The standard InChI is InChI=1S/C17H14F4O/c1-10-2-5-13(14(18)8-10)11-3-6-15-12(9-11)4-7-16(22-15)17(19,20)21/h2-3,5-6,8-9,16H,4,7H2,1H3. The first-order valence-corrected chi connectivity index (χ1v) is 6.97. The van der Waals surface area contributed by atoms with Crippen molar-refractivity contribution in [2.75, 3.05) is 0 Å². The van der Waals surface area contributed by atoms with Crippen molar-refractivity contribution in [3.63, 3.8) is 0 Å². The summed E-state index contributed by atoms with van der Waals surface area (Å²) in [7, 11) is 0. The maximum Gasteiger partial charge on any atom is 0.425 e. The van der Waals surface area contributed by atoms with Gasteiger partial charge in [0.25, 0.3) is 0 Å². The normalized spacial score (nSPS) is 17.8. The Morgan fingerprint density at radius 1 is 1.09 bits per heavy atom. The molecule has 1 heterocycles. The molecular formula is C17H14F4O. The second kappa shape index (κ2) is 5.30. The maximum atomic E-state index is 14.0. The van der Waals surface area contributed by atoms with Gasteiger partial charge in [-0.15, -0.1) is 0 Å². The molecule has 0 spiro atoms. The summed E-state index contributed by atoms with van der Waals surface area (Å²) >= 11 is 0. The van der Waals surface area contributed by atoms with Crippen LogP contribution in [0.2, 0.25) is 0 Å². The highest BCUT2D eigenvalue weighted by Crippen LogP contribution is 2.37. The number of aryl methyl sites for hydroxylation is 2. The number of rotatable bonds is 1. The quantitative estimate of drug-likeness (QED) is 0.669. The summed E-state index contributed by atoms with van der Waals surface area (Å²) in [4.78, 5) is 0. The van der Waals surface area contributed by atoms with Crippen LogP contribution in [-0.4, -0.2) is 12.3 Å². The van der Waals surface area contributed by atoms with Gasteiger partial charge in [0, 0.05) is 5.56 Å². The topological polar surface area (TPSA) is 9.23 Å². The van der Waals surface area contributed by atoms with Crippen LogP contribution in [0.15, 0.2) is 36.4 Å². The molecule has 1 unspecified atom stereocenters. The lowest BCUT2D eigenvalue weighted by atomic mass is 9.96. The van der Waals surface area contributed by atoms with Crippen molar-refractivity contribution in [1.29, 1.82) is 0 Å². The first-order valence-electron chi connectivity index (χ1n) is 6.97. The molecule has 0 N–H and O–H groups in total. The van der Waals surface area contributed by atoms with Crippen molar-refractivity contribution in [3.05, 3.63) is 53.3 Å². The number of hydrogen-bond acceptors (Lipinski definition) is 1. The predicted molar refractivity (Wildman–Crippen MR) is 75.4 cm³/mol. The van der Waals surface area contributed by atoms with E-state index in [-0.39, 0.29) is 24.4 Å². The van der Waals surface area contributed by atoms with E-state index in [1.54, 1.807) is 31.2 Å². The fraction of sp³-hybridized carbons (Fsp3) is 0.294. The number of halogens is 4. The van der Waals surface area contributed by atoms with Gasteiger partial charge < -0.3 is 4.74 Å². The van der Waals surface area contributed by atoms with Gasteiger partial charge >= 0.3 is 6.18 Å². The van der Waals surface area contributed by atoms with Gasteiger partial charge in [0.1, 0.15) is 11.6 Å². The van der Waals surface area contributed by atoms with Crippen LogP contribution in [0.4, 0.5) is 17.6 Å². The average Bonchev–Trinajstić information content (AvgIpc) is 2.45. The van der Waals surface area contributed by atoms with Crippen LogP contribution < -0.4 is 4.74 Å². The van der Waals surface area contributed by atoms with Gasteiger partial charge in [-0.25, -0.2) is 4.39 Å². The third kappa shape index (κ3) is 2.80. The Labute approximate surface area is 125 Å². The van der Waals surface area contributed by atoms with Gasteiger partial charge in [0.2, 0.25) is 0 Å². The zero-order valence-corrected chi connectivity index (χ0v) is 11.9. The molecule has 0 aromatic heterocycles. The Morgan fingerprint density at radius 3 is 2.55 bits per heavy atom. The van der Waals surface area contributed by atoms with Crippen molar-refractivity contribution in [2.45, 2.75) is 32.0 Å². The third-order valence-corrected chi connectivity index (χ3v) is 3.81. The second-order valence-electron chi connectivity index (χ2n) is 5.49. The minimum Gasteiger partial charge on any atom is -0.481 e. The second-order valence-corrected chi connectivity index (χ2v) is 5.49. The highest BCUT2D eigenvalue weighted by Gasteiger charge is 2.43. The molecule has 2 aromatic rings. The lowest BCUT2D eigenvalue weighted by molar-refractivity contribution is -0.199. The molecule has 3 rings (SSSR count). The van der Waals surface area contributed by atoms with Crippen molar-refractivity contribution in [2.24, 2.45) is 0 Å². The first kappa shape index (κ1) is 14.9. The Balaban J connectivity index is 1.93. The monoisotopic (exact) mass is 310 g/mol. The molecule has 0 radical (unpaired) electrons. The molecule has 2 aromatic carbocycles. The van der Waals surface area contributed by atoms with Gasteiger partial charge in [0.05, 0.1) is 0 Å². The van der Waals surface area contributed by atoms with E-state index in [0.717, 1.165) is 5.56 Å². The van der Waals surface area contributed by atoms with Gasteiger partial charge in [-0.1, -0.05) is 18.2 Å². The van der Waals surface area contributed by atoms with Crippen LogP contribution in [0, 0.1) is 12.7 Å². The summed E-state index contributed by atoms with van der Waals surface area (Å²) in [6, 6.07) is 9.69. The molecule has 1 aliphatic rings. The molecule has 0 amide bonds.